The lowest BCUT2D eigenvalue weighted by Crippen LogP contribution is -2.05. The molecular weight excluding hydrogens is 292 g/mol. The molecule has 21 heavy (non-hydrogen) atoms. The van der Waals surface area contributed by atoms with E-state index >= 15 is 0 Å². The predicted octanol–water partition coefficient (Wildman–Crippen LogP) is 2.08. The van der Waals surface area contributed by atoms with Crippen molar-refractivity contribution in [3.8, 4) is 5.88 Å². The summed E-state index contributed by atoms with van der Waals surface area (Å²) in [6, 6.07) is 6.61. The van der Waals surface area contributed by atoms with Gasteiger partial charge in [-0.2, -0.15) is 0 Å². The van der Waals surface area contributed by atoms with Crippen molar-refractivity contribution >= 4 is 29.2 Å². The van der Waals surface area contributed by atoms with Crippen LogP contribution in [0.2, 0.25) is 0 Å². The number of hydrogen-bond acceptors (Lipinski definition) is 6. The number of aromatic hydroxyl groups is 1. The van der Waals surface area contributed by atoms with Gasteiger partial charge in [-0.25, -0.2) is 4.79 Å². The van der Waals surface area contributed by atoms with E-state index in [2.05, 4.69) is 4.99 Å². The lowest BCUT2D eigenvalue weighted by atomic mass is 10.2. The first-order valence-corrected chi connectivity index (χ1v) is 7.04. The Bertz CT molecular complexity index is 746. The van der Waals surface area contributed by atoms with E-state index in [1.54, 1.807) is 31.2 Å². The zero-order valence-corrected chi connectivity index (χ0v) is 12.4. The van der Waals surface area contributed by atoms with Gasteiger partial charge in [-0.3, -0.25) is 14.4 Å². The molecule has 1 aromatic carbocycles. The van der Waals surface area contributed by atoms with Crippen molar-refractivity contribution in [3.63, 3.8) is 0 Å². The van der Waals surface area contributed by atoms with Gasteiger partial charge in [0, 0.05) is 7.05 Å². The van der Waals surface area contributed by atoms with Gasteiger partial charge >= 0.3 is 10.8 Å². The molecule has 0 fully saturated rings. The van der Waals surface area contributed by atoms with Gasteiger partial charge in [0.15, 0.2) is 0 Å². The molecule has 1 aromatic heterocycles. The van der Waals surface area contributed by atoms with Gasteiger partial charge in [-0.05, 0) is 25.1 Å². The van der Waals surface area contributed by atoms with Gasteiger partial charge in [0.2, 0.25) is 5.88 Å². The number of aliphatic imine (C=N–C) groups is 1. The van der Waals surface area contributed by atoms with Crippen LogP contribution in [0.15, 0.2) is 34.1 Å². The first kappa shape index (κ1) is 15.0. The normalized spacial score (nSPS) is 11.0. The average molecular weight is 306 g/mol. The Kier molecular flexibility index (Phi) is 4.54. The Labute approximate surface area is 125 Å². The predicted molar refractivity (Wildman–Crippen MR) is 80.9 cm³/mol. The lowest BCUT2D eigenvalue weighted by molar-refractivity contribution is 0.0526. The Morgan fingerprint density at radius 1 is 1.52 bits per heavy atom. The highest BCUT2D eigenvalue weighted by Crippen LogP contribution is 2.19. The molecule has 7 heteroatoms. The number of carbonyl (C=O) groups is 1. The molecule has 0 saturated heterocycles. The Balaban J connectivity index is 2.25. The number of nitrogens with zero attached hydrogens (tertiary/aromatic N) is 2. The molecule has 0 aliphatic heterocycles. The monoisotopic (exact) mass is 306 g/mol. The first-order chi connectivity index (χ1) is 10.0. The van der Waals surface area contributed by atoms with Gasteiger partial charge in [0.05, 0.1) is 24.1 Å². The second-order valence-electron chi connectivity index (χ2n) is 4.14. The van der Waals surface area contributed by atoms with E-state index in [4.69, 9.17) is 4.74 Å². The molecule has 0 atom stereocenters. The Morgan fingerprint density at radius 2 is 2.29 bits per heavy atom. The Morgan fingerprint density at radius 3 is 2.90 bits per heavy atom. The van der Waals surface area contributed by atoms with Gasteiger partial charge in [0.1, 0.15) is 4.88 Å². The van der Waals surface area contributed by atoms with Crippen LogP contribution < -0.4 is 4.87 Å². The van der Waals surface area contributed by atoms with Gasteiger partial charge in [-0.15, -0.1) is 0 Å². The van der Waals surface area contributed by atoms with E-state index in [0.717, 1.165) is 15.9 Å². The molecule has 0 unspecified atom stereocenters. The molecule has 110 valence electrons. The second kappa shape index (κ2) is 6.36. The lowest BCUT2D eigenvalue weighted by Gasteiger charge is -2.02. The summed E-state index contributed by atoms with van der Waals surface area (Å²) >= 11 is 0.895. The highest BCUT2D eigenvalue weighted by molar-refractivity contribution is 7.11. The summed E-state index contributed by atoms with van der Waals surface area (Å²) in [4.78, 5) is 27.3. The molecular formula is C14H14N2O4S. The molecule has 0 aliphatic rings. The number of carbonyl (C=O) groups excluding carboxylic acids is 1. The Hall–Kier alpha value is -2.41. The van der Waals surface area contributed by atoms with Gasteiger partial charge in [-0.1, -0.05) is 17.4 Å². The van der Waals surface area contributed by atoms with Crippen molar-refractivity contribution in [2.45, 2.75) is 6.92 Å². The van der Waals surface area contributed by atoms with Crippen molar-refractivity contribution in [3.05, 3.63) is 44.4 Å². The van der Waals surface area contributed by atoms with Crippen LogP contribution in [-0.4, -0.2) is 28.5 Å². The maximum absolute atomic E-state index is 11.6. The fraction of sp³-hybridized carbons (Fsp3) is 0.214. The summed E-state index contributed by atoms with van der Waals surface area (Å²) in [5, 5.41) is 9.72. The minimum absolute atomic E-state index is 0.129. The van der Waals surface area contributed by atoms with Crippen LogP contribution in [0, 0.1) is 0 Å². The second-order valence-corrected chi connectivity index (χ2v) is 5.14. The van der Waals surface area contributed by atoms with Crippen molar-refractivity contribution in [1.82, 2.24) is 4.57 Å². The fourth-order valence-corrected chi connectivity index (χ4v) is 2.35. The number of ether oxygens (including phenoxy) is 1. The van der Waals surface area contributed by atoms with Crippen molar-refractivity contribution in [2.24, 2.45) is 12.0 Å². The molecule has 2 aromatic rings. The van der Waals surface area contributed by atoms with E-state index in [0.29, 0.717) is 22.7 Å². The summed E-state index contributed by atoms with van der Waals surface area (Å²) in [5.74, 6) is -0.544. The number of hydrogen-bond donors (Lipinski definition) is 1. The fourth-order valence-electron chi connectivity index (χ4n) is 1.60. The summed E-state index contributed by atoms with van der Waals surface area (Å²) < 4.78 is 6.05. The number of esters is 1. The van der Waals surface area contributed by atoms with E-state index in [-0.39, 0.29) is 10.8 Å². The van der Waals surface area contributed by atoms with Crippen LogP contribution in [0.1, 0.15) is 22.2 Å². The van der Waals surface area contributed by atoms with Crippen LogP contribution in [0.25, 0.3) is 0 Å². The van der Waals surface area contributed by atoms with Crippen LogP contribution in [-0.2, 0) is 11.8 Å². The van der Waals surface area contributed by atoms with Crippen LogP contribution in [0.5, 0.6) is 5.88 Å². The summed E-state index contributed by atoms with van der Waals surface area (Å²) in [6.45, 7) is 2.04. The molecule has 6 nitrogen and oxygen atoms in total. The minimum atomic E-state index is -0.415. The maximum atomic E-state index is 11.6. The number of benzene rings is 1. The van der Waals surface area contributed by atoms with Crippen LogP contribution >= 0.6 is 11.3 Å². The van der Waals surface area contributed by atoms with Crippen molar-refractivity contribution in [1.29, 1.82) is 0 Å². The summed E-state index contributed by atoms with van der Waals surface area (Å²) in [5.41, 5.74) is 0.931. The summed E-state index contributed by atoms with van der Waals surface area (Å²) in [6.07, 6.45) is 1.39. The molecule has 0 radical (unpaired) electrons. The molecule has 0 spiro atoms. The molecule has 0 bridgehead atoms. The van der Waals surface area contributed by atoms with E-state index in [1.807, 2.05) is 0 Å². The average Bonchev–Trinajstić information content (AvgIpc) is 2.73. The largest absolute Gasteiger partial charge is 0.493 e. The van der Waals surface area contributed by atoms with Crippen molar-refractivity contribution < 1.29 is 14.6 Å². The summed E-state index contributed by atoms with van der Waals surface area (Å²) in [7, 11) is 1.48. The van der Waals surface area contributed by atoms with Crippen LogP contribution in [0.3, 0.4) is 0 Å². The van der Waals surface area contributed by atoms with Crippen molar-refractivity contribution in [2.75, 3.05) is 6.61 Å². The van der Waals surface area contributed by atoms with Gasteiger partial charge in [0.25, 0.3) is 0 Å². The zero-order chi connectivity index (χ0) is 15.4. The third-order valence-electron chi connectivity index (χ3n) is 2.70. The number of rotatable bonds is 4. The smallest absolute Gasteiger partial charge is 0.338 e. The highest BCUT2D eigenvalue weighted by atomic mass is 32.1. The van der Waals surface area contributed by atoms with Gasteiger partial charge < -0.3 is 9.84 Å². The SMILES string of the molecule is CCOC(=O)c1cccc(N=Cc2sc(=O)n(C)c2O)c1. The third-order valence-corrected chi connectivity index (χ3v) is 3.65. The molecule has 0 aliphatic carbocycles. The van der Waals surface area contributed by atoms with E-state index in [1.165, 1.54) is 13.3 Å². The molecule has 0 saturated carbocycles. The van der Waals surface area contributed by atoms with Crippen LogP contribution in [0.4, 0.5) is 5.69 Å². The van der Waals surface area contributed by atoms with E-state index < -0.39 is 5.97 Å². The highest BCUT2D eigenvalue weighted by Gasteiger charge is 2.09. The molecule has 1 N–H and O–H groups in total. The zero-order valence-electron chi connectivity index (χ0n) is 11.6. The standard InChI is InChI=1S/C14H14N2O4S/c1-3-20-13(18)9-5-4-6-10(7-9)15-8-11-12(17)16(2)14(19)21-11/h4-8,17H,3H2,1-2H3. The maximum Gasteiger partial charge on any atom is 0.338 e. The topological polar surface area (TPSA) is 80.9 Å². The third kappa shape index (κ3) is 3.38. The number of aromatic nitrogens is 1. The number of thiazole rings is 1. The first-order valence-electron chi connectivity index (χ1n) is 6.23. The minimum Gasteiger partial charge on any atom is -0.493 e. The molecule has 1 heterocycles. The molecule has 2 rings (SSSR count). The van der Waals surface area contributed by atoms with E-state index in [9.17, 15) is 14.7 Å². The quantitative estimate of drug-likeness (QED) is 0.692. The molecule has 0 amide bonds.